The highest BCUT2D eigenvalue weighted by molar-refractivity contribution is 7.99. The predicted molar refractivity (Wildman–Crippen MR) is 154 cm³/mol. The van der Waals surface area contributed by atoms with E-state index in [2.05, 4.69) is 4.90 Å². The zero-order valence-electron chi connectivity index (χ0n) is 22.2. The summed E-state index contributed by atoms with van der Waals surface area (Å²) in [4.78, 5) is 28.6. The van der Waals surface area contributed by atoms with Gasteiger partial charge < -0.3 is 24.1 Å². The Bertz CT molecular complexity index is 1710. The summed E-state index contributed by atoms with van der Waals surface area (Å²) < 4.78 is 24.7. The van der Waals surface area contributed by atoms with Crippen molar-refractivity contribution < 1.29 is 28.8 Å². The van der Waals surface area contributed by atoms with Crippen LogP contribution in [0, 0.1) is 0 Å². The standard InChI is InChI=1S/C31H28N2O7S/c34-29-22(15-32-10-12-37-13-11-32)23(16-38-25-7-3-5-19-4-1-2-6-21(19)25)28(30-33(29)24(17-41-30)31(35)36)20-8-9-26-27(14-20)40-18-39-26/h1-9,14,24H,10-13,15-18H2,(H,35,36)/t24-/m0/s1. The second-order valence-corrected chi connectivity index (χ2v) is 11.2. The molecule has 0 bridgehead atoms. The van der Waals surface area contributed by atoms with E-state index >= 15 is 0 Å². The number of thioether (sulfide) groups is 1. The van der Waals surface area contributed by atoms with Gasteiger partial charge in [0.15, 0.2) is 11.5 Å². The van der Waals surface area contributed by atoms with Gasteiger partial charge in [0, 0.05) is 47.5 Å². The second kappa shape index (κ2) is 10.8. The molecule has 1 aromatic heterocycles. The maximum Gasteiger partial charge on any atom is 0.327 e. The lowest BCUT2D eigenvalue weighted by Gasteiger charge is -2.28. The highest BCUT2D eigenvalue weighted by atomic mass is 32.2. The quantitative estimate of drug-likeness (QED) is 0.342. The lowest BCUT2D eigenvalue weighted by molar-refractivity contribution is -0.140. The Morgan fingerprint density at radius 3 is 2.66 bits per heavy atom. The number of rotatable bonds is 7. The van der Waals surface area contributed by atoms with Crippen LogP contribution in [-0.4, -0.2) is 59.4 Å². The van der Waals surface area contributed by atoms with Crippen LogP contribution < -0.4 is 19.8 Å². The van der Waals surface area contributed by atoms with Gasteiger partial charge >= 0.3 is 5.97 Å². The molecule has 3 aliphatic heterocycles. The van der Waals surface area contributed by atoms with Crippen LogP contribution >= 0.6 is 11.8 Å². The summed E-state index contributed by atoms with van der Waals surface area (Å²) in [5, 5.41) is 12.7. The molecule has 0 amide bonds. The smallest absolute Gasteiger partial charge is 0.327 e. The van der Waals surface area contributed by atoms with Crippen molar-refractivity contribution in [3.8, 4) is 28.4 Å². The molecule has 4 aromatic rings. The van der Waals surface area contributed by atoms with Crippen LogP contribution in [0.15, 0.2) is 70.5 Å². The minimum Gasteiger partial charge on any atom is -0.488 e. The number of nitrogens with zero attached hydrogens (tertiary/aromatic N) is 2. The van der Waals surface area contributed by atoms with Crippen molar-refractivity contribution in [3.05, 3.63) is 82.1 Å². The van der Waals surface area contributed by atoms with Crippen molar-refractivity contribution in [1.82, 2.24) is 9.47 Å². The highest BCUT2D eigenvalue weighted by Gasteiger charge is 2.36. The summed E-state index contributed by atoms with van der Waals surface area (Å²) in [7, 11) is 0. The third-order valence-electron chi connectivity index (χ3n) is 7.82. The molecule has 1 fully saturated rings. The average molecular weight is 573 g/mol. The Hall–Kier alpha value is -3.99. The van der Waals surface area contributed by atoms with E-state index in [0.29, 0.717) is 60.7 Å². The molecule has 0 aliphatic carbocycles. The molecule has 4 heterocycles. The number of hydrogen-bond donors (Lipinski definition) is 1. The van der Waals surface area contributed by atoms with E-state index in [1.54, 1.807) is 0 Å². The largest absolute Gasteiger partial charge is 0.488 e. The van der Waals surface area contributed by atoms with Crippen molar-refractivity contribution >= 4 is 28.5 Å². The number of fused-ring (bicyclic) bond motifs is 3. The van der Waals surface area contributed by atoms with E-state index < -0.39 is 12.0 Å². The monoisotopic (exact) mass is 572 g/mol. The number of carboxylic acids is 1. The van der Waals surface area contributed by atoms with Gasteiger partial charge in [-0.25, -0.2) is 4.79 Å². The molecular formula is C31H28N2O7S. The summed E-state index contributed by atoms with van der Waals surface area (Å²) in [6.45, 7) is 3.17. The molecule has 0 unspecified atom stereocenters. The first kappa shape index (κ1) is 25.9. The Balaban J connectivity index is 1.42. The zero-order chi connectivity index (χ0) is 27.9. The van der Waals surface area contributed by atoms with Crippen molar-refractivity contribution in [1.29, 1.82) is 0 Å². The maximum absolute atomic E-state index is 14.2. The van der Waals surface area contributed by atoms with Crippen LogP contribution in [0.4, 0.5) is 0 Å². The SMILES string of the molecule is O=C(O)[C@@H]1CSc2c(-c3ccc4c(c3)OCO4)c(COc3cccc4ccccc34)c(CN3CCOCC3)c(=O)n21. The number of pyridine rings is 1. The van der Waals surface area contributed by atoms with Gasteiger partial charge in [0.2, 0.25) is 6.79 Å². The molecule has 210 valence electrons. The topological polar surface area (TPSA) is 99.5 Å². The van der Waals surface area contributed by atoms with E-state index in [1.165, 1.54) is 16.3 Å². The third-order valence-corrected chi connectivity index (χ3v) is 8.98. The number of carboxylic acid groups (broad SMARTS) is 1. The lowest BCUT2D eigenvalue weighted by atomic mass is 9.96. The molecule has 3 aromatic carbocycles. The molecule has 0 spiro atoms. The summed E-state index contributed by atoms with van der Waals surface area (Å²) in [6.07, 6.45) is 0. The highest BCUT2D eigenvalue weighted by Crippen LogP contribution is 2.45. The van der Waals surface area contributed by atoms with Gasteiger partial charge in [0.1, 0.15) is 18.4 Å². The van der Waals surface area contributed by atoms with Crippen LogP contribution in [0.3, 0.4) is 0 Å². The molecule has 0 radical (unpaired) electrons. The van der Waals surface area contributed by atoms with Gasteiger partial charge in [-0.2, -0.15) is 0 Å². The van der Waals surface area contributed by atoms with Gasteiger partial charge in [0.05, 0.1) is 18.2 Å². The summed E-state index contributed by atoms with van der Waals surface area (Å²) in [5.41, 5.74) is 2.61. The molecule has 1 atom stereocenters. The summed E-state index contributed by atoms with van der Waals surface area (Å²) >= 11 is 1.39. The first-order valence-corrected chi connectivity index (χ1v) is 14.5. The summed E-state index contributed by atoms with van der Waals surface area (Å²) in [6, 6.07) is 18.7. The van der Waals surface area contributed by atoms with Gasteiger partial charge in [-0.1, -0.05) is 42.5 Å². The van der Waals surface area contributed by atoms with Crippen molar-refractivity contribution in [2.24, 2.45) is 0 Å². The molecular weight excluding hydrogens is 544 g/mol. The molecule has 9 nitrogen and oxygen atoms in total. The molecule has 0 saturated carbocycles. The van der Waals surface area contributed by atoms with Crippen LogP contribution in [0.1, 0.15) is 17.2 Å². The molecule has 7 rings (SSSR count). The normalized spacial score (nSPS) is 18.0. The van der Waals surface area contributed by atoms with Crippen LogP contribution in [0.5, 0.6) is 17.2 Å². The molecule has 10 heteroatoms. The Kier molecular flexibility index (Phi) is 6.82. The zero-order valence-corrected chi connectivity index (χ0v) is 23.0. The Morgan fingerprint density at radius 2 is 1.80 bits per heavy atom. The van der Waals surface area contributed by atoms with Crippen LogP contribution in [-0.2, 0) is 22.7 Å². The predicted octanol–water partition coefficient (Wildman–Crippen LogP) is 4.54. The number of aliphatic carboxylic acids is 1. The fourth-order valence-electron chi connectivity index (χ4n) is 5.73. The number of aromatic nitrogens is 1. The Morgan fingerprint density at radius 1 is 1.00 bits per heavy atom. The van der Waals surface area contributed by atoms with Gasteiger partial charge in [0.25, 0.3) is 5.56 Å². The Labute approximate surface area is 240 Å². The van der Waals surface area contributed by atoms with E-state index in [1.807, 2.05) is 60.7 Å². The number of ether oxygens (including phenoxy) is 4. The van der Waals surface area contributed by atoms with Gasteiger partial charge in [-0.05, 0) is 29.1 Å². The minimum atomic E-state index is -1.02. The third kappa shape index (κ3) is 4.71. The fraction of sp³-hybridized carbons (Fsp3) is 0.290. The van der Waals surface area contributed by atoms with Crippen molar-refractivity contribution in [2.45, 2.75) is 24.2 Å². The maximum atomic E-state index is 14.2. The second-order valence-electron chi connectivity index (χ2n) is 10.2. The number of carbonyl (C=O) groups is 1. The number of benzene rings is 3. The van der Waals surface area contributed by atoms with Crippen LogP contribution in [0.2, 0.25) is 0 Å². The van der Waals surface area contributed by atoms with Crippen LogP contribution in [0.25, 0.3) is 21.9 Å². The molecule has 41 heavy (non-hydrogen) atoms. The van der Waals surface area contributed by atoms with E-state index in [-0.39, 0.29) is 24.7 Å². The van der Waals surface area contributed by atoms with Gasteiger partial charge in [-0.3, -0.25) is 14.3 Å². The molecule has 3 aliphatic rings. The first-order chi connectivity index (χ1) is 20.1. The number of hydrogen-bond acceptors (Lipinski definition) is 8. The first-order valence-electron chi connectivity index (χ1n) is 13.5. The van der Waals surface area contributed by atoms with Crippen molar-refractivity contribution in [2.75, 3.05) is 38.8 Å². The minimum absolute atomic E-state index is 0.138. The molecule has 1 N–H and O–H groups in total. The average Bonchev–Trinajstić information content (AvgIpc) is 3.66. The van der Waals surface area contributed by atoms with E-state index in [9.17, 15) is 14.7 Å². The van der Waals surface area contributed by atoms with Crippen molar-refractivity contribution in [3.63, 3.8) is 0 Å². The van der Waals surface area contributed by atoms with Gasteiger partial charge in [-0.15, -0.1) is 11.8 Å². The molecule has 1 saturated heterocycles. The summed E-state index contributed by atoms with van der Waals surface area (Å²) in [5.74, 6) is 1.23. The lowest BCUT2D eigenvalue weighted by Crippen LogP contribution is -2.40. The van der Waals surface area contributed by atoms with E-state index in [4.69, 9.17) is 18.9 Å². The van der Waals surface area contributed by atoms with E-state index in [0.717, 1.165) is 27.5 Å². The fourth-order valence-corrected chi connectivity index (χ4v) is 7.07. The number of morpholine rings is 1.